The Bertz CT molecular complexity index is 4430. The van der Waals surface area contributed by atoms with E-state index in [2.05, 4.69) is 126 Å². The van der Waals surface area contributed by atoms with Gasteiger partial charge in [-0.05, 0) is 222 Å². The monoisotopic (exact) mass is 2050 g/mol. The zero-order valence-corrected chi connectivity index (χ0v) is 80.2. The third kappa shape index (κ3) is 46.6. The molecule has 2 aromatic heterocycles. The fraction of sp³-hybridized carbons (Fsp3) is 0.338. The van der Waals surface area contributed by atoms with Crippen LogP contribution >= 0.6 is 122 Å². The van der Waals surface area contributed by atoms with E-state index in [-0.39, 0.29) is 33.1 Å². The van der Waals surface area contributed by atoms with Crippen LogP contribution in [0.1, 0.15) is 110 Å². The van der Waals surface area contributed by atoms with Crippen molar-refractivity contribution < 1.29 is 89.3 Å². The van der Waals surface area contributed by atoms with Crippen LogP contribution in [0.25, 0.3) is 10.4 Å². The molecule has 3 amide bonds. The number of carboxylic acid groups (broad SMARTS) is 4. The number of ether oxygens (including phenoxy) is 2. The van der Waals surface area contributed by atoms with Gasteiger partial charge in [0.15, 0.2) is 0 Å². The molecule has 29 nitrogen and oxygen atoms in total. The van der Waals surface area contributed by atoms with Crippen molar-refractivity contribution in [3.05, 3.63) is 201 Å². The minimum absolute atomic E-state index is 0.00958. The molecule has 12 N–H and O–H groups in total. The number of aromatic carboxylic acids is 4. The number of amides is 3. The standard InChI is InChI=1S/C19H24N2O4S.C14H21BrN2O2.C9H11BrN2O.C9H13BrN2.C9H10BrNO2.C9H11NO2.C5H5BO4S.C2H5B2O3.CH3I.BHNS/c1-19(2,3)25-18(24)20-11-12-10-13(21(4)5)6-7-14(12)15-8-9-16(26-15)17(22)23;1-14(2,3)19-13(18)16-9-10-8-11(17(4)5)6-7-12(10)15;1-12(2)6-3-4-8(10)7(5-6)9(11)13;1-12(2)8-3-4-9(10)7(5-8)6-11;1-11(2)6-3-4-8(10)7(5-6)9(12)13;1-10(2)8-5-3-4-7(6-8)9(11)12;7-5(8)3-1-2-4(11-3)6(9)10;1-3-7-6-2-4-5;1-2;1-2-3/h6-10H,11H2,1-5H3,(H,20,24)(H,22,23);6-8H,9H2,1-5H3,(H,16,18);3-5H,1-2H3,(H2,11,13);3-5H,6,11H2,1-2H3;3-5H,1-2H3,(H,12,13);3-6H,1-2H3,(H,11,12);1-2,9-10H,(H,7,8);2H2,1H3;1H3;3H/i;;;;;;;;1D;. The van der Waals surface area contributed by atoms with E-state index in [1.807, 2.05) is 240 Å². The van der Waals surface area contributed by atoms with Gasteiger partial charge in [-0.2, -0.15) is 0 Å². The molecule has 8 rings (SSSR count). The number of carboxylic acids is 4. The Morgan fingerprint density at radius 2 is 0.924 bits per heavy atom. The van der Waals surface area contributed by atoms with E-state index < -0.39 is 60.3 Å². The number of nitrogens with one attached hydrogen (secondary N) is 2. The summed E-state index contributed by atoms with van der Waals surface area (Å²) in [5.74, 6) is -4.23. The van der Waals surface area contributed by atoms with Gasteiger partial charge >= 0.3 is 110 Å². The molecule has 0 spiro atoms. The molecule has 0 aliphatic rings. The van der Waals surface area contributed by atoms with Gasteiger partial charge in [0.2, 0.25) is 5.91 Å². The van der Waals surface area contributed by atoms with Crippen LogP contribution in [0.15, 0.2) is 162 Å². The summed E-state index contributed by atoms with van der Waals surface area (Å²) in [4.78, 5) is 99.1. The first-order valence-electron chi connectivity index (χ1n) is 35.4. The zero-order chi connectivity index (χ0) is 91.8. The molecule has 2 radical (unpaired) electrons. The van der Waals surface area contributed by atoms with Crippen molar-refractivity contribution in [3.63, 3.8) is 0 Å². The van der Waals surface area contributed by atoms with E-state index in [9.17, 15) is 38.3 Å². The Labute approximate surface area is 756 Å². The molecule has 0 aliphatic heterocycles. The quantitative estimate of drug-likeness (QED) is 0.00571. The number of thiol groups is 1. The Morgan fingerprint density at radius 3 is 1.29 bits per heavy atom. The molecule has 2 heterocycles. The summed E-state index contributed by atoms with van der Waals surface area (Å²) in [6, 6.07) is 41.7. The summed E-state index contributed by atoms with van der Waals surface area (Å²) < 4.78 is 32.4. The van der Waals surface area contributed by atoms with Gasteiger partial charge in [-0.25, -0.2) is 28.8 Å². The van der Waals surface area contributed by atoms with Crippen molar-refractivity contribution in [2.75, 3.05) is 125 Å². The number of hydrogen-bond acceptors (Lipinski definition) is 25. The van der Waals surface area contributed by atoms with Gasteiger partial charge in [-0.1, -0.05) is 72.6 Å². The van der Waals surface area contributed by atoms with Crippen LogP contribution in [0.3, 0.4) is 0 Å². The fourth-order valence-electron chi connectivity index (χ4n) is 8.37. The van der Waals surface area contributed by atoms with E-state index >= 15 is 0 Å². The summed E-state index contributed by atoms with van der Waals surface area (Å²) >= 11 is 20.6. The van der Waals surface area contributed by atoms with Crippen molar-refractivity contribution in [3.8, 4) is 10.4 Å². The first-order chi connectivity index (χ1) is 55.4. The fourth-order valence-corrected chi connectivity index (χ4v) is 11.6. The van der Waals surface area contributed by atoms with Gasteiger partial charge in [0.05, 0.1) is 16.7 Å². The summed E-state index contributed by atoms with van der Waals surface area (Å²) in [5, 5.41) is 57.8. The van der Waals surface area contributed by atoms with Gasteiger partial charge in [-0.3, -0.25) is 4.79 Å². The zero-order valence-electron chi connectivity index (χ0n) is 70.1. The minimum atomic E-state index is -1.58. The SMILES string of the molecule is CN(C)c1ccc(-c2ccc(C(=O)O)s2)c(CNC(=O)OC(C)(C)C)c1.CN(C)c1ccc(Br)c(C(=O)O)c1.CN(C)c1ccc(Br)c(C(N)=O)c1.CN(C)c1ccc(Br)c(CN)c1.CN(C)c1ccc(Br)c(CNC(=O)OC(C)(C)C)c1.CN(C)c1cccc(C(=O)O)c1.C[B]OOCB=O.O=C(O)c1ccc(B(O)O)s1.[2H]CI.[B]=NS. The van der Waals surface area contributed by atoms with Gasteiger partial charge < -0.3 is 91.4 Å². The normalized spacial score (nSPS) is 9.97. The second-order valence-corrected chi connectivity index (χ2v) is 32.6. The number of hydrogen-bond donors (Lipinski definition) is 11. The molecule has 0 aliphatic carbocycles. The number of primary amides is 1. The Morgan fingerprint density at radius 1 is 0.551 bits per heavy atom. The van der Waals surface area contributed by atoms with Crippen LogP contribution in [0.4, 0.5) is 43.7 Å². The molecule has 8 aromatic rings. The Kier molecular flexibility index (Phi) is 54.9. The molecule has 0 saturated heterocycles. The first kappa shape index (κ1) is 110. The van der Waals surface area contributed by atoms with Crippen molar-refractivity contribution in [2.24, 2.45) is 15.8 Å². The third-order valence-electron chi connectivity index (χ3n) is 14.1. The molecule has 0 fully saturated rings. The molecule has 41 heteroatoms. The van der Waals surface area contributed by atoms with E-state index in [4.69, 9.17) is 52.8 Å². The molecular weight excluding hydrogens is 1950 g/mol. The van der Waals surface area contributed by atoms with Crippen molar-refractivity contribution in [1.29, 1.82) is 0 Å². The number of carbonyl (C=O) groups is 7. The molecule has 0 saturated carbocycles. The molecular formula is C77H104B4Br4IN11O18S3. The predicted molar refractivity (Wildman–Crippen MR) is 505 cm³/mol. The van der Waals surface area contributed by atoms with Crippen LogP contribution < -0.4 is 56.3 Å². The molecule has 640 valence electrons. The maximum absolute atomic E-state index is 12.0. The summed E-state index contributed by atoms with van der Waals surface area (Å²) in [7, 11) is 27.9. The molecule has 6 aromatic carbocycles. The van der Waals surface area contributed by atoms with Crippen LogP contribution in [0.5, 0.6) is 0 Å². The number of nitrogens with zero attached hydrogens (tertiary/aromatic N) is 7. The maximum atomic E-state index is 12.0. The Hall–Kier alpha value is -7.93. The van der Waals surface area contributed by atoms with Crippen molar-refractivity contribution in [2.45, 2.75) is 79.2 Å². The molecule has 118 heavy (non-hydrogen) atoms. The number of alkyl halides is 1. The average Bonchev–Trinajstić information content (AvgIpc) is 1.72. The van der Waals surface area contributed by atoms with E-state index in [1.165, 1.54) is 36.6 Å². The predicted octanol–water partition coefficient (Wildman–Crippen LogP) is 15.0. The number of rotatable bonds is 22. The summed E-state index contributed by atoms with van der Waals surface area (Å²) in [6.07, 6.45) is -0.897. The van der Waals surface area contributed by atoms with Gasteiger partial charge in [0.1, 0.15) is 21.0 Å². The van der Waals surface area contributed by atoms with Gasteiger partial charge in [-0.15, -0.1) is 22.7 Å². The van der Waals surface area contributed by atoms with E-state index in [0.717, 1.165) is 80.3 Å². The summed E-state index contributed by atoms with van der Waals surface area (Å²) in [6.45, 7) is 13.9. The number of halogens is 5. The second kappa shape index (κ2) is 58.9. The number of benzene rings is 6. The summed E-state index contributed by atoms with van der Waals surface area (Å²) in [5.41, 5.74) is 20.8. The van der Waals surface area contributed by atoms with Crippen molar-refractivity contribution >= 4 is 232 Å². The van der Waals surface area contributed by atoms with Crippen LogP contribution in [-0.2, 0) is 43.5 Å². The van der Waals surface area contributed by atoms with Gasteiger partial charge in [0.25, 0.3) is 0 Å². The molecule has 0 unspecified atom stereocenters. The molecule has 0 atom stereocenters. The second-order valence-electron chi connectivity index (χ2n) is 26.8. The molecule has 0 bridgehead atoms. The van der Waals surface area contributed by atoms with Gasteiger partial charge in [0, 0.05) is 167 Å². The first-order valence-corrected chi connectivity index (χ1v) is 41.4. The third-order valence-corrected chi connectivity index (χ3v) is 19.2. The van der Waals surface area contributed by atoms with Crippen LogP contribution in [0, 0.1) is 0 Å². The number of thiophene rings is 2. The number of anilines is 6. The van der Waals surface area contributed by atoms with E-state index in [1.54, 1.807) is 55.4 Å². The van der Waals surface area contributed by atoms with Crippen LogP contribution in [0.2, 0.25) is 6.82 Å². The number of carbonyl (C=O) groups excluding carboxylic acids is 3. The van der Waals surface area contributed by atoms with Crippen LogP contribution in [-0.4, -0.2) is 209 Å². The Balaban J connectivity index is 0. The number of nitrogens with two attached hydrogens (primary N) is 2. The van der Waals surface area contributed by atoms with Crippen molar-refractivity contribution in [1.82, 2.24) is 10.6 Å². The average molecular weight is 2060 g/mol. The number of alkyl carbamates (subject to hydrolysis) is 2. The van der Waals surface area contributed by atoms with E-state index in [0.29, 0.717) is 40.7 Å². The topological polar surface area (TPSA) is 403 Å².